The SMILES string of the molecule is CN1CCC(C)(c2nc(-c3ccc(C(=O)O)cc3)cs2)CC1. The largest absolute Gasteiger partial charge is 0.478 e. The maximum atomic E-state index is 10.9. The lowest BCUT2D eigenvalue weighted by Crippen LogP contribution is -2.38. The zero-order valence-electron chi connectivity index (χ0n) is 12.9. The molecule has 116 valence electrons. The van der Waals surface area contributed by atoms with Crippen LogP contribution in [-0.4, -0.2) is 41.1 Å². The van der Waals surface area contributed by atoms with Crippen LogP contribution in [0.2, 0.25) is 0 Å². The fourth-order valence-electron chi connectivity index (χ4n) is 2.79. The number of rotatable bonds is 3. The maximum absolute atomic E-state index is 10.9. The van der Waals surface area contributed by atoms with Crippen LogP contribution in [0.5, 0.6) is 0 Å². The smallest absolute Gasteiger partial charge is 0.335 e. The molecule has 0 unspecified atom stereocenters. The topological polar surface area (TPSA) is 53.4 Å². The van der Waals surface area contributed by atoms with Gasteiger partial charge in [-0.2, -0.15) is 0 Å². The average molecular weight is 316 g/mol. The van der Waals surface area contributed by atoms with Gasteiger partial charge in [0, 0.05) is 16.4 Å². The highest BCUT2D eigenvalue weighted by Crippen LogP contribution is 2.38. The summed E-state index contributed by atoms with van der Waals surface area (Å²) in [5.74, 6) is -0.899. The molecule has 1 aliphatic heterocycles. The lowest BCUT2D eigenvalue weighted by atomic mass is 9.81. The van der Waals surface area contributed by atoms with Gasteiger partial charge in [0.05, 0.1) is 16.3 Å². The van der Waals surface area contributed by atoms with Crippen LogP contribution in [0.15, 0.2) is 29.6 Å². The fourth-order valence-corrected chi connectivity index (χ4v) is 3.84. The molecule has 0 atom stereocenters. The normalized spacial score (nSPS) is 18.3. The molecule has 0 spiro atoms. The quantitative estimate of drug-likeness (QED) is 0.942. The van der Waals surface area contributed by atoms with Gasteiger partial charge in [-0.05, 0) is 45.1 Å². The zero-order valence-corrected chi connectivity index (χ0v) is 13.7. The first-order chi connectivity index (χ1) is 10.5. The second-order valence-electron chi connectivity index (χ2n) is 6.28. The second kappa shape index (κ2) is 5.82. The summed E-state index contributed by atoms with van der Waals surface area (Å²) in [6, 6.07) is 6.93. The molecule has 1 fully saturated rings. The number of aromatic nitrogens is 1. The second-order valence-corrected chi connectivity index (χ2v) is 7.14. The molecule has 0 saturated carbocycles. The Labute approximate surface area is 134 Å². The van der Waals surface area contributed by atoms with Crippen LogP contribution < -0.4 is 0 Å². The highest BCUT2D eigenvalue weighted by molar-refractivity contribution is 7.10. The minimum Gasteiger partial charge on any atom is -0.478 e. The number of hydrogen-bond donors (Lipinski definition) is 1. The first-order valence-corrected chi connectivity index (χ1v) is 8.34. The van der Waals surface area contributed by atoms with Crippen LogP contribution in [0.25, 0.3) is 11.3 Å². The van der Waals surface area contributed by atoms with Crippen LogP contribution >= 0.6 is 11.3 Å². The molecule has 3 rings (SSSR count). The van der Waals surface area contributed by atoms with Gasteiger partial charge in [0.2, 0.25) is 0 Å². The molecule has 4 nitrogen and oxygen atoms in total. The van der Waals surface area contributed by atoms with Gasteiger partial charge in [-0.15, -0.1) is 11.3 Å². The van der Waals surface area contributed by atoms with Gasteiger partial charge < -0.3 is 10.0 Å². The molecule has 0 bridgehead atoms. The van der Waals surface area contributed by atoms with Crippen molar-refractivity contribution in [2.24, 2.45) is 0 Å². The molecule has 1 aromatic carbocycles. The number of piperidine rings is 1. The fraction of sp³-hybridized carbons (Fsp3) is 0.412. The number of aromatic carboxylic acids is 1. The highest BCUT2D eigenvalue weighted by Gasteiger charge is 2.33. The van der Waals surface area contributed by atoms with Crippen molar-refractivity contribution in [3.8, 4) is 11.3 Å². The lowest BCUT2D eigenvalue weighted by molar-refractivity contribution is 0.0697. The molecular weight excluding hydrogens is 296 g/mol. The number of carboxylic acids is 1. The van der Waals surface area contributed by atoms with Crippen LogP contribution in [0.3, 0.4) is 0 Å². The number of nitrogens with zero attached hydrogens (tertiary/aromatic N) is 2. The first-order valence-electron chi connectivity index (χ1n) is 7.46. The summed E-state index contributed by atoms with van der Waals surface area (Å²) in [4.78, 5) is 18.1. The van der Waals surface area contributed by atoms with E-state index < -0.39 is 5.97 Å². The number of hydrogen-bond acceptors (Lipinski definition) is 4. The Morgan fingerprint density at radius 1 is 1.27 bits per heavy atom. The first kappa shape index (κ1) is 15.2. The summed E-state index contributed by atoms with van der Waals surface area (Å²) in [6.07, 6.45) is 2.27. The summed E-state index contributed by atoms with van der Waals surface area (Å²) in [6.45, 7) is 4.52. The van der Waals surface area contributed by atoms with E-state index in [4.69, 9.17) is 10.1 Å². The van der Waals surface area contributed by atoms with E-state index in [-0.39, 0.29) is 5.41 Å². The van der Waals surface area contributed by atoms with E-state index in [0.29, 0.717) is 5.56 Å². The molecule has 2 heterocycles. The lowest BCUT2D eigenvalue weighted by Gasteiger charge is -2.36. The molecule has 1 aliphatic rings. The van der Waals surface area contributed by atoms with E-state index in [1.807, 2.05) is 12.1 Å². The van der Waals surface area contributed by atoms with Crippen molar-refractivity contribution < 1.29 is 9.90 Å². The number of thiazole rings is 1. The van der Waals surface area contributed by atoms with Crippen molar-refractivity contribution in [2.45, 2.75) is 25.2 Å². The van der Waals surface area contributed by atoms with Gasteiger partial charge in [-0.1, -0.05) is 19.1 Å². The van der Waals surface area contributed by atoms with E-state index in [9.17, 15) is 4.79 Å². The van der Waals surface area contributed by atoms with E-state index in [1.165, 1.54) is 5.01 Å². The molecule has 2 aromatic rings. The Bertz CT molecular complexity index is 670. The predicted octanol–water partition coefficient (Wildman–Crippen LogP) is 3.49. The summed E-state index contributed by atoms with van der Waals surface area (Å²) in [5.41, 5.74) is 2.39. The predicted molar refractivity (Wildman–Crippen MR) is 88.6 cm³/mol. The highest BCUT2D eigenvalue weighted by atomic mass is 32.1. The van der Waals surface area contributed by atoms with Crippen LogP contribution in [0.1, 0.15) is 35.1 Å². The number of benzene rings is 1. The number of likely N-dealkylation sites (tertiary alicyclic amines) is 1. The molecule has 1 saturated heterocycles. The average Bonchev–Trinajstić information content (AvgIpc) is 3.01. The monoisotopic (exact) mass is 316 g/mol. The summed E-state index contributed by atoms with van der Waals surface area (Å²) in [7, 11) is 2.16. The third-order valence-corrected chi connectivity index (χ3v) is 5.69. The van der Waals surface area contributed by atoms with Gasteiger partial charge in [-0.3, -0.25) is 0 Å². The molecule has 0 radical (unpaired) electrons. The summed E-state index contributed by atoms with van der Waals surface area (Å²) >= 11 is 1.72. The van der Waals surface area contributed by atoms with Gasteiger partial charge >= 0.3 is 5.97 Å². The van der Waals surface area contributed by atoms with Crippen molar-refractivity contribution in [3.63, 3.8) is 0 Å². The van der Waals surface area contributed by atoms with Crippen molar-refractivity contribution in [1.29, 1.82) is 0 Å². The molecule has 0 aliphatic carbocycles. The van der Waals surface area contributed by atoms with Crippen LogP contribution in [-0.2, 0) is 5.41 Å². The number of carbonyl (C=O) groups is 1. The van der Waals surface area contributed by atoms with Crippen LogP contribution in [0.4, 0.5) is 0 Å². The maximum Gasteiger partial charge on any atom is 0.335 e. The molecule has 0 amide bonds. The van der Waals surface area contributed by atoms with Crippen molar-refractivity contribution in [3.05, 3.63) is 40.2 Å². The van der Waals surface area contributed by atoms with Crippen LogP contribution in [0, 0.1) is 0 Å². The minimum atomic E-state index is -0.899. The van der Waals surface area contributed by atoms with Gasteiger partial charge in [-0.25, -0.2) is 9.78 Å². The third-order valence-electron chi connectivity index (χ3n) is 4.54. The zero-order chi connectivity index (χ0) is 15.7. The summed E-state index contributed by atoms with van der Waals surface area (Å²) in [5, 5.41) is 12.2. The van der Waals surface area contributed by atoms with Crippen molar-refractivity contribution >= 4 is 17.3 Å². The number of carboxylic acid groups (broad SMARTS) is 1. The Morgan fingerprint density at radius 2 is 1.91 bits per heavy atom. The van der Waals surface area contributed by atoms with Crippen molar-refractivity contribution in [1.82, 2.24) is 9.88 Å². The Balaban J connectivity index is 1.83. The summed E-state index contributed by atoms with van der Waals surface area (Å²) < 4.78 is 0. The molecule has 22 heavy (non-hydrogen) atoms. The van der Waals surface area contributed by atoms with Gasteiger partial charge in [0.1, 0.15) is 0 Å². The van der Waals surface area contributed by atoms with Gasteiger partial charge in [0.25, 0.3) is 0 Å². The Morgan fingerprint density at radius 3 is 2.50 bits per heavy atom. The molecular formula is C17H20N2O2S. The van der Waals surface area contributed by atoms with E-state index >= 15 is 0 Å². The van der Waals surface area contributed by atoms with E-state index in [2.05, 4.69) is 24.3 Å². The van der Waals surface area contributed by atoms with E-state index in [0.717, 1.165) is 37.2 Å². The Kier molecular flexibility index (Phi) is 4.02. The minimum absolute atomic E-state index is 0.163. The molecule has 1 N–H and O–H groups in total. The van der Waals surface area contributed by atoms with Gasteiger partial charge in [0.15, 0.2) is 0 Å². The molecule has 1 aromatic heterocycles. The standard InChI is InChI=1S/C17H20N2O2S/c1-17(7-9-19(2)10-8-17)16-18-14(11-22-16)12-3-5-13(6-4-12)15(20)21/h3-6,11H,7-10H2,1-2H3,(H,20,21). The van der Waals surface area contributed by atoms with E-state index in [1.54, 1.807) is 23.5 Å². The van der Waals surface area contributed by atoms with Crippen molar-refractivity contribution in [2.75, 3.05) is 20.1 Å². The third kappa shape index (κ3) is 2.91. The molecule has 5 heteroatoms. The Hall–Kier alpha value is -1.72.